The molecule has 14 heteroatoms. The van der Waals surface area contributed by atoms with Gasteiger partial charge in [0.05, 0.1) is 33.2 Å². The largest absolute Gasteiger partial charge is 0.480 e. The average molecular weight is 663 g/mol. The number of carboxylic acid groups (broad SMARTS) is 1. The minimum atomic E-state index is -1.02. The summed E-state index contributed by atoms with van der Waals surface area (Å²) in [5.41, 5.74) is 8.97. The standard InChI is InChI=1S/C34H43N7O7/c1-4-5-18-48-33-37-30(35)29-31(38-33)41(34(46)36-29)17-9-16-40(21-25-14-12-24(13-15-25)20-28(43)47-3)27(42)22-39(2)26(32(44)45)19-23-10-7-6-8-11-23/h6-8,10-15,26H,4-5,9,16-22H2,1-3H3,(H,36,46)(H,44,45)(H2,35,37,38)/p+1/t26-/m0/s1. The van der Waals surface area contributed by atoms with Crippen molar-refractivity contribution in [1.29, 1.82) is 0 Å². The van der Waals surface area contributed by atoms with Gasteiger partial charge in [-0.25, -0.2) is 14.3 Å². The van der Waals surface area contributed by atoms with Gasteiger partial charge in [0.2, 0.25) is 11.7 Å². The fraction of sp³-hybridized carbons (Fsp3) is 0.412. The van der Waals surface area contributed by atoms with E-state index < -0.39 is 12.0 Å². The molecule has 2 aromatic carbocycles. The summed E-state index contributed by atoms with van der Waals surface area (Å²) in [6.07, 6.45) is 2.55. The van der Waals surface area contributed by atoms with Crippen molar-refractivity contribution in [1.82, 2.24) is 24.3 Å². The number of aromatic nitrogens is 4. The van der Waals surface area contributed by atoms with Crippen molar-refractivity contribution in [3.8, 4) is 6.01 Å². The van der Waals surface area contributed by atoms with Crippen molar-refractivity contribution >= 4 is 34.8 Å². The molecule has 0 fully saturated rings. The first-order chi connectivity index (χ1) is 23.1. The summed E-state index contributed by atoms with van der Waals surface area (Å²) in [6, 6.07) is 15.9. The maximum absolute atomic E-state index is 13.8. The van der Waals surface area contributed by atoms with E-state index in [2.05, 4.69) is 15.0 Å². The van der Waals surface area contributed by atoms with Crippen molar-refractivity contribution in [2.45, 2.75) is 58.2 Å². The number of unbranched alkanes of at least 4 members (excludes halogenated alkanes) is 1. The normalized spacial score (nSPS) is 11.8. The molecular weight excluding hydrogens is 618 g/mol. The number of hydrogen-bond acceptors (Lipinski definition) is 9. The number of aromatic amines is 2. The second kappa shape index (κ2) is 17.1. The molecule has 48 heavy (non-hydrogen) atoms. The molecule has 5 N–H and O–H groups in total. The van der Waals surface area contributed by atoms with Crippen LogP contribution < -0.4 is 21.1 Å². The third-order valence-corrected chi connectivity index (χ3v) is 8.03. The zero-order valence-corrected chi connectivity index (χ0v) is 27.6. The number of carboxylic acids is 1. The van der Waals surface area contributed by atoms with Gasteiger partial charge in [0.15, 0.2) is 5.52 Å². The van der Waals surface area contributed by atoms with Crippen LogP contribution in [0.1, 0.15) is 42.9 Å². The first-order valence-electron chi connectivity index (χ1n) is 15.9. The monoisotopic (exact) mass is 662 g/mol. The fourth-order valence-electron chi connectivity index (χ4n) is 5.30. The third-order valence-electron chi connectivity index (χ3n) is 8.03. The zero-order valence-electron chi connectivity index (χ0n) is 27.6. The maximum atomic E-state index is 13.8. The van der Waals surface area contributed by atoms with E-state index in [1.807, 2.05) is 49.4 Å². The van der Waals surface area contributed by atoms with Gasteiger partial charge in [-0.2, -0.15) is 0 Å². The van der Waals surface area contributed by atoms with Crippen molar-refractivity contribution in [2.75, 3.05) is 39.6 Å². The van der Waals surface area contributed by atoms with Gasteiger partial charge in [0.1, 0.15) is 6.04 Å². The highest BCUT2D eigenvalue weighted by Gasteiger charge is 2.27. The Morgan fingerprint density at radius 3 is 2.44 bits per heavy atom. The Labute approximate surface area is 278 Å². The number of carbonyl (C=O) groups excluding carboxylic acids is 2. The Morgan fingerprint density at radius 2 is 1.77 bits per heavy atom. The molecule has 1 atom stereocenters. The summed E-state index contributed by atoms with van der Waals surface area (Å²) in [6.45, 7) is 3.12. The number of fused-ring (bicyclic) bond motifs is 1. The number of imidazole rings is 1. The number of ether oxygens (including phenoxy) is 2. The van der Waals surface area contributed by atoms with E-state index in [4.69, 9.17) is 15.2 Å². The van der Waals surface area contributed by atoms with Crippen LogP contribution in [0.5, 0.6) is 6.01 Å². The number of nitrogens with one attached hydrogen (secondary N) is 2. The number of anilines is 1. The molecule has 0 aliphatic carbocycles. The minimum absolute atomic E-state index is 0.129. The topological polar surface area (TPSA) is 187 Å². The van der Waals surface area contributed by atoms with Crippen LogP contribution in [-0.2, 0) is 45.1 Å². The lowest BCUT2D eigenvalue weighted by Crippen LogP contribution is -2.46. The molecule has 2 aromatic heterocycles. The smallest absolute Gasteiger partial charge is 0.433 e. The SMILES string of the molecule is CCCCOc1nc(N)c2[nH]c(=O)n(CCCN(Cc3ccc(CC(=O)OC)cc3)C(=O)CN(C)[C@@H](Cc3ccccc3)C(=O)O)c2[nH+]1. The number of aryl methyl sites for hydroxylation is 1. The third kappa shape index (κ3) is 9.64. The number of nitrogens with two attached hydrogens (primary N) is 1. The number of esters is 1. The quantitative estimate of drug-likeness (QED) is 0.105. The molecule has 0 bridgehead atoms. The average Bonchev–Trinajstić information content (AvgIpc) is 3.39. The number of methoxy groups -OCH3 is 1. The number of nitrogen functional groups attached to an aromatic ring is 1. The molecule has 0 aliphatic heterocycles. The fourth-order valence-corrected chi connectivity index (χ4v) is 5.30. The van der Waals surface area contributed by atoms with Crippen LogP contribution >= 0.6 is 0 Å². The molecule has 14 nitrogen and oxygen atoms in total. The van der Waals surface area contributed by atoms with Crippen molar-refractivity contribution in [2.24, 2.45) is 0 Å². The minimum Gasteiger partial charge on any atom is -0.480 e. The van der Waals surface area contributed by atoms with Crippen LogP contribution in [0, 0.1) is 0 Å². The summed E-state index contributed by atoms with van der Waals surface area (Å²) in [7, 11) is 2.96. The number of benzene rings is 2. The van der Waals surface area contributed by atoms with Crippen LogP contribution in [0.4, 0.5) is 5.82 Å². The summed E-state index contributed by atoms with van der Waals surface area (Å²) in [4.78, 5) is 63.8. The van der Waals surface area contributed by atoms with Crippen molar-refractivity contribution in [3.05, 3.63) is 81.8 Å². The Bertz CT molecular complexity index is 1740. The summed E-state index contributed by atoms with van der Waals surface area (Å²) in [5.74, 6) is -1.52. The Kier molecular flexibility index (Phi) is 12.7. The number of rotatable bonds is 18. The molecule has 4 rings (SSSR count). The molecule has 1 amide bonds. The van der Waals surface area contributed by atoms with Gasteiger partial charge >= 0.3 is 23.6 Å². The second-order valence-electron chi connectivity index (χ2n) is 11.6. The van der Waals surface area contributed by atoms with Gasteiger partial charge in [0, 0.05) is 13.1 Å². The lowest BCUT2D eigenvalue weighted by molar-refractivity contribution is -0.372. The van der Waals surface area contributed by atoms with E-state index in [0.29, 0.717) is 24.2 Å². The second-order valence-corrected chi connectivity index (χ2v) is 11.6. The molecule has 0 spiro atoms. The summed E-state index contributed by atoms with van der Waals surface area (Å²) >= 11 is 0. The van der Waals surface area contributed by atoms with Crippen LogP contribution in [-0.4, -0.2) is 87.2 Å². The first kappa shape index (κ1) is 35.6. The van der Waals surface area contributed by atoms with E-state index in [1.165, 1.54) is 11.7 Å². The van der Waals surface area contributed by atoms with Crippen LogP contribution in [0.25, 0.3) is 11.2 Å². The number of carbonyl (C=O) groups is 3. The van der Waals surface area contributed by atoms with E-state index in [-0.39, 0.29) is 68.4 Å². The first-order valence-corrected chi connectivity index (χ1v) is 15.9. The molecule has 4 aromatic rings. The van der Waals surface area contributed by atoms with E-state index in [1.54, 1.807) is 29.0 Å². The highest BCUT2D eigenvalue weighted by molar-refractivity contribution is 5.80. The van der Waals surface area contributed by atoms with Crippen molar-refractivity contribution in [3.63, 3.8) is 0 Å². The molecule has 0 radical (unpaired) electrons. The summed E-state index contributed by atoms with van der Waals surface area (Å²) < 4.78 is 11.9. The molecule has 0 saturated heterocycles. The predicted octanol–water partition coefficient (Wildman–Crippen LogP) is 2.06. The Morgan fingerprint density at radius 1 is 1.06 bits per heavy atom. The molecular formula is C34H44N7O7+. The Balaban J connectivity index is 1.52. The lowest BCUT2D eigenvalue weighted by atomic mass is 10.0. The van der Waals surface area contributed by atoms with Crippen molar-refractivity contribution < 1.29 is 33.9 Å². The number of aliphatic carboxylic acids is 1. The van der Waals surface area contributed by atoms with Crippen LogP contribution in [0.3, 0.4) is 0 Å². The number of amides is 1. The van der Waals surface area contributed by atoms with E-state index in [9.17, 15) is 24.3 Å². The number of likely N-dealkylation sites (N-methyl/N-ethyl adjacent to an activating group) is 1. The van der Waals surface area contributed by atoms with Gasteiger partial charge < -0.3 is 25.2 Å². The zero-order chi connectivity index (χ0) is 34.6. The molecule has 0 unspecified atom stereocenters. The van der Waals surface area contributed by atoms with Crippen LogP contribution in [0.15, 0.2) is 59.4 Å². The van der Waals surface area contributed by atoms with Crippen LogP contribution in [0.2, 0.25) is 0 Å². The molecule has 2 heterocycles. The lowest BCUT2D eigenvalue weighted by Gasteiger charge is -2.29. The predicted molar refractivity (Wildman–Crippen MR) is 178 cm³/mol. The molecule has 0 aliphatic rings. The van der Waals surface area contributed by atoms with Gasteiger partial charge in [-0.05, 0) is 48.0 Å². The molecule has 0 saturated carbocycles. The maximum Gasteiger partial charge on any atom is 0.433 e. The summed E-state index contributed by atoms with van der Waals surface area (Å²) in [5, 5.41) is 10.00. The Hall–Kier alpha value is -5.24. The highest BCUT2D eigenvalue weighted by atomic mass is 16.5. The highest BCUT2D eigenvalue weighted by Crippen LogP contribution is 2.16. The van der Waals surface area contributed by atoms with Gasteiger partial charge in [-0.3, -0.25) is 24.3 Å². The van der Waals surface area contributed by atoms with Gasteiger partial charge in [-0.1, -0.05) is 67.9 Å². The molecule has 256 valence electrons. The van der Waals surface area contributed by atoms with E-state index in [0.717, 1.165) is 29.5 Å². The number of hydrogen-bond donors (Lipinski definition) is 3. The number of H-pyrrole nitrogens is 2. The number of nitrogens with zero attached hydrogens (tertiary/aromatic N) is 4. The van der Waals surface area contributed by atoms with Gasteiger partial charge in [0.25, 0.3) is 5.65 Å². The van der Waals surface area contributed by atoms with E-state index >= 15 is 0 Å². The van der Waals surface area contributed by atoms with Gasteiger partial charge in [-0.15, -0.1) is 0 Å².